The molecule has 5 heteroatoms. The summed E-state index contributed by atoms with van der Waals surface area (Å²) >= 11 is 0. The van der Waals surface area contributed by atoms with Crippen molar-refractivity contribution in [2.24, 2.45) is 0 Å². The van der Waals surface area contributed by atoms with Crippen molar-refractivity contribution in [1.29, 1.82) is 0 Å². The Balaban J connectivity index is 1.77. The van der Waals surface area contributed by atoms with Crippen molar-refractivity contribution in [3.8, 4) is 11.3 Å². The minimum Gasteiger partial charge on any atom is -0.371 e. The third kappa shape index (κ3) is 3.72. The van der Waals surface area contributed by atoms with Gasteiger partial charge >= 0.3 is 0 Å². The summed E-state index contributed by atoms with van der Waals surface area (Å²) in [5, 5.41) is 17.2. The van der Waals surface area contributed by atoms with Crippen LogP contribution in [0.15, 0.2) is 42.6 Å². The fourth-order valence-corrected chi connectivity index (χ4v) is 4.83. The molecule has 0 saturated carbocycles. The van der Waals surface area contributed by atoms with Gasteiger partial charge in [0.2, 0.25) is 0 Å². The molecule has 1 aromatic carbocycles. The number of pyridine rings is 1. The Morgan fingerprint density at radius 2 is 1.75 bits per heavy atom. The third-order valence-corrected chi connectivity index (χ3v) is 5.59. The first kappa shape index (κ1) is 18.8. The summed E-state index contributed by atoms with van der Waals surface area (Å²) < 4.78 is 0. The number of rotatable bonds is 3. The van der Waals surface area contributed by atoms with Gasteiger partial charge in [-0.15, -0.1) is 10.2 Å². The van der Waals surface area contributed by atoms with Gasteiger partial charge in [-0.25, -0.2) is 0 Å². The molecule has 2 aromatic heterocycles. The molecule has 3 heterocycles. The van der Waals surface area contributed by atoms with E-state index in [0.717, 1.165) is 40.8 Å². The smallest absolute Gasteiger partial charge is 0.151 e. The summed E-state index contributed by atoms with van der Waals surface area (Å²) in [5.74, 6) is 1.30. The molecular weight excluding hydrogens is 346 g/mol. The van der Waals surface area contributed by atoms with E-state index in [1.54, 1.807) is 0 Å². The standard InChI is InChI=1S/C23H29N5/c1-22(2)13-17(14-23(3,4)28-22)18-12-20(26-27-21(18)24-5)16-8-9-19-15(11-16)7-6-10-25-19/h6-12,17,28H,13-14H2,1-5H3,(H,24,27). The molecule has 1 aliphatic rings. The molecule has 1 aliphatic heterocycles. The van der Waals surface area contributed by atoms with E-state index < -0.39 is 0 Å². The first-order valence-electron chi connectivity index (χ1n) is 9.96. The van der Waals surface area contributed by atoms with Gasteiger partial charge in [-0.05, 0) is 70.7 Å². The Morgan fingerprint density at radius 1 is 1.00 bits per heavy atom. The lowest BCUT2D eigenvalue weighted by atomic mass is 9.73. The number of piperidine rings is 1. The predicted octanol–water partition coefficient (Wildman–Crippen LogP) is 4.76. The van der Waals surface area contributed by atoms with Gasteiger partial charge in [0.25, 0.3) is 0 Å². The second-order valence-corrected chi connectivity index (χ2v) is 9.19. The zero-order chi connectivity index (χ0) is 19.9. The SMILES string of the molecule is CNc1nnc(-c2ccc3ncccc3c2)cc1C1CC(C)(C)NC(C)(C)C1. The number of hydrogen-bond donors (Lipinski definition) is 2. The molecule has 0 radical (unpaired) electrons. The monoisotopic (exact) mass is 375 g/mol. The molecule has 0 aliphatic carbocycles. The molecule has 2 N–H and O–H groups in total. The van der Waals surface area contributed by atoms with Gasteiger partial charge in [0.15, 0.2) is 5.82 Å². The number of aromatic nitrogens is 3. The van der Waals surface area contributed by atoms with E-state index in [0.29, 0.717) is 5.92 Å². The van der Waals surface area contributed by atoms with Crippen LogP contribution in [-0.4, -0.2) is 33.3 Å². The third-order valence-electron chi connectivity index (χ3n) is 5.59. The van der Waals surface area contributed by atoms with E-state index in [1.807, 2.05) is 19.3 Å². The average Bonchev–Trinajstić information content (AvgIpc) is 2.64. The van der Waals surface area contributed by atoms with E-state index in [-0.39, 0.29) is 11.1 Å². The lowest BCUT2D eigenvalue weighted by molar-refractivity contribution is 0.162. The van der Waals surface area contributed by atoms with Gasteiger partial charge in [0.1, 0.15) is 0 Å². The molecule has 1 saturated heterocycles. The maximum Gasteiger partial charge on any atom is 0.151 e. The average molecular weight is 376 g/mol. The van der Waals surface area contributed by atoms with Crippen LogP contribution in [0.4, 0.5) is 5.82 Å². The normalized spacial score (nSPS) is 18.9. The largest absolute Gasteiger partial charge is 0.371 e. The minimum absolute atomic E-state index is 0.0788. The summed E-state index contributed by atoms with van der Waals surface area (Å²) in [6, 6.07) is 12.5. The second kappa shape index (κ2) is 6.82. The number of benzene rings is 1. The molecule has 28 heavy (non-hydrogen) atoms. The summed E-state index contributed by atoms with van der Waals surface area (Å²) in [4.78, 5) is 4.41. The molecular formula is C23H29N5. The highest BCUT2D eigenvalue weighted by atomic mass is 15.2. The van der Waals surface area contributed by atoms with Crippen molar-refractivity contribution < 1.29 is 0 Å². The highest BCUT2D eigenvalue weighted by Crippen LogP contribution is 2.41. The Labute approximate surface area is 167 Å². The number of nitrogens with zero attached hydrogens (tertiary/aromatic N) is 3. The van der Waals surface area contributed by atoms with Crippen LogP contribution in [0, 0.1) is 0 Å². The first-order valence-corrected chi connectivity index (χ1v) is 9.96. The molecule has 0 unspecified atom stereocenters. The fraction of sp³-hybridized carbons (Fsp3) is 0.435. The van der Waals surface area contributed by atoms with Crippen LogP contribution < -0.4 is 10.6 Å². The molecule has 4 rings (SSSR count). The van der Waals surface area contributed by atoms with Crippen molar-refractivity contribution in [3.05, 3.63) is 48.2 Å². The highest BCUT2D eigenvalue weighted by Gasteiger charge is 2.39. The summed E-state index contributed by atoms with van der Waals surface area (Å²) in [7, 11) is 1.92. The first-order chi connectivity index (χ1) is 13.3. The molecule has 146 valence electrons. The molecule has 0 bridgehead atoms. The fourth-order valence-electron chi connectivity index (χ4n) is 4.83. The van der Waals surface area contributed by atoms with Gasteiger partial charge in [0, 0.05) is 40.8 Å². The van der Waals surface area contributed by atoms with Gasteiger partial charge < -0.3 is 10.6 Å². The van der Waals surface area contributed by atoms with Crippen LogP contribution in [0.25, 0.3) is 22.2 Å². The molecule has 3 aromatic rings. The summed E-state index contributed by atoms with van der Waals surface area (Å²) in [6.45, 7) is 9.13. The lowest BCUT2D eigenvalue weighted by Crippen LogP contribution is -2.57. The van der Waals surface area contributed by atoms with E-state index >= 15 is 0 Å². The number of anilines is 1. The molecule has 5 nitrogen and oxygen atoms in total. The lowest BCUT2D eigenvalue weighted by Gasteiger charge is -2.46. The van der Waals surface area contributed by atoms with Gasteiger partial charge in [-0.2, -0.15) is 0 Å². The van der Waals surface area contributed by atoms with Crippen LogP contribution in [0.5, 0.6) is 0 Å². The van der Waals surface area contributed by atoms with Crippen molar-refractivity contribution in [1.82, 2.24) is 20.5 Å². The zero-order valence-electron chi connectivity index (χ0n) is 17.4. The molecule has 0 atom stereocenters. The van der Waals surface area contributed by atoms with Gasteiger partial charge in [0.05, 0.1) is 11.2 Å². The highest BCUT2D eigenvalue weighted by molar-refractivity contribution is 5.83. The van der Waals surface area contributed by atoms with Crippen molar-refractivity contribution in [2.75, 3.05) is 12.4 Å². The maximum absolute atomic E-state index is 4.53. The molecule has 0 amide bonds. The van der Waals surface area contributed by atoms with E-state index in [4.69, 9.17) is 0 Å². The Morgan fingerprint density at radius 3 is 2.46 bits per heavy atom. The number of nitrogens with one attached hydrogen (secondary N) is 2. The minimum atomic E-state index is 0.0788. The van der Waals surface area contributed by atoms with Crippen LogP contribution in [-0.2, 0) is 0 Å². The van der Waals surface area contributed by atoms with E-state index in [2.05, 4.69) is 83.8 Å². The quantitative estimate of drug-likeness (QED) is 0.691. The Bertz CT molecular complexity index is 993. The molecule has 0 spiro atoms. The van der Waals surface area contributed by atoms with Crippen molar-refractivity contribution in [2.45, 2.75) is 57.5 Å². The van der Waals surface area contributed by atoms with E-state index in [1.165, 1.54) is 5.56 Å². The Kier molecular flexibility index (Phi) is 4.58. The van der Waals surface area contributed by atoms with Crippen LogP contribution in [0.2, 0.25) is 0 Å². The zero-order valence-corrected chi connectivity index (χ0v) is 17.4. The topological polar surface area (TPSA) is 62.7 Å². The van der Waals surface area contributed by atoms with Crippen molar-refractivity contribution >= 4 is 16.7 Å². The summed E-state index contributed by atoms with van der Waals surface area (Å²) in [6.07, 6.45) is 3.96. The molecule has 1 fully saturated rings. The van der Waals surface area contributed by atoms with Crippen LogP contribution in [0.3, 0.4) is 0 Å². The Hall–Kier alpha value is -2.53. The van der Waals surface area contributed by atoms with Gasteiger partial charge in [-0.3, -0.25) is 4.98 Å². The second-order valence-electron chi connectivity index (χ2n) is 9.19. The van der Waals surface area contributed by atoms with Gasteiger partial charge in [-0.1, -0.05) is 12.1 Å². The van der Waals surface area contributed by atoms with Crippen LogP contribution in [0.1, 0.15) is 52.0 Å². The van der Waals surface area contributed by atoms with Crippen LogP contribution >= 0.6 is 0 Å². The van der Waals surface area contributed by atoms with Crippen molar-refractivity contribution in [3.63, 3.8) is 0 Å². The maximum atomic E-state index is 4.53. The predicted molar refractivity (Wildman–Crippen MR) is 116 cm³/mol. The number of fused-ring (bicyclic) bond motifs is 1. The summed E-state index contributed by atoms with van der Waals surface area (Å²) in [5.41, 5.74) is 4.39. The van der Waals surface area contributed by atoms with E-state index in [9.17, 15) is 0 Å². The number of hydrogen-bond acceptors (Lipinski definition) is 5.